The van der Waals surface area contributed by atoms with Crippen molar-refractivity contribution in [3.05, 3.63) is 0 Å². The van der Waals surface area contributed by atoms with Crippen molar-refractivity contribution in [1.82, 2.24) is 5.48 Å². The van der Waals surface area contributed by atoms with Crippen molar-refractivity contribution >= 4 is 5.91 Å². The molecule has 0 fully saturated rings. The second-order valence-electron chi connectivity index (χ2n) is 1.33. The predicted molar refractivity (Wildman–Crippen MR) is 24.7 cm³/mol. The number of carbonyl (C=O) groups excluding carboxylic acids is 1. The van der Waals surface area contributed by atoms with Crippen molar-refractivity contribution in [1.29, 1.82) is 5.26 Å². The van der Waals surface area contributed by atoms with E-state index < -0.39 is 11.8 Å². The highest BCUT2D eigenvalue weighted by molar-refractivity contribution is 5.79. The van der Waals surface area contributed by atoms with Gasteiger partial charge in [-0.3, -0.25) is 10.0 Å². The molecule has 0 rings (SSSR count). The van der Waals surface area contributed by atoms with Gasteiger partial charge in [0.15, 0.2) is 0 Å². The molecule has 0 aromatic rings. The van der Waals surface area contributed by atoms with Crippen LogP contribution >= 0.6 is 0 Å². The number of hydrogen-bond donors (Lipinski definition) is 2. The zero-order chi connectivity index (χ0) is 6.57. The van der Waals surface area contributed by atoms with Crippen molar-refractivity contribution in [2.45, 2.75) is 6.92 Å². The molecule has 8 heavy (non-hydrogen) atoms. The molecule has 0 aromatic heterocycles. The largest absolute Gasteiger partial charge is 0.289 e. The topological polar surface area (TPSA) is 73.1 Å². The van der Waals surface area contributed by atoms with Gasteiger partial charge in [0.25, 0.3) is 5.91 Å². The molecule has 0 spiro atoms. The predicted octanol–water partition coefficient (Wildman–Crippen LogP) is -0.349. The second-order valence-corrected chi connectivity index (χ2v) is 1.33. The molecule has 44 valence electrons. The van der Waals surface area contributed by atoms with E-state index in [1.54, 1.807) is 6.07 Å². The van der Waals surface area contributed by atoms with Gasteiger partial charge in [-0.2, -0.15) is 5.26 Å². The number of carbonyl (C=O) groups is 1. The molecular formula is C4H6N2O2. The van der Waals surface area contributed by atoms with Gasteiger partial charge in [-0.05, 0) is 6.92 Å². The lowest BCUT2D eigenvalue weighted by molar-refractivity contribution is -0.131. The number of nitriles is 1. The van der Waals surface area contributed by atoms with Crippen LogP contribution in [0.1, 0.15) is 6.92 Å². The summed E-state index contributed by atoms with van der Waals surface area (Å²) in [4.78, 5) is 10.2. The van der Waals surface area contributed by atoms with E-state index in [-0.39, 0.29) is 0 Å². The standard InChI is InChI=1S/C4H6N2O2/c1-3(2-5)4(7)6-8/h3,8H,1H3,(H,6,7). The Kier molecular flexibility index (Phi) is 2.59. The van der Waals surface area contributed by atoms with Crippen molar-refractivity contribution in [2.75, 3.05) is 0 Å². The summed E-state index contributed by atoms with van der Waals surface area (Å²) in [5.41, 5.74) is 1.35. The molecule has 2 N–H and O–H groups in total. The van der Waals surface area contributed by atoms with Crippen LogP contribution in [0.15, 0.2) is 0 Å². The minimum atomic E-state index is -0.778. The minimum absolute atomic E-state index is 0.674. The van der Waals surface area contributed by atoms with E-state index in [4.69, 9.17) is 10.5 Å². The third kappa shape index (κ3) is 1.58. The average molecular weight is 114 g/mol. The molecule has 1 amide bonds. The van der Waals surface area contributed by atoms with Crippen LogP contribution in [0.4, 0.5) is 0 Å². The van der Waals surface area contributed by atoms with E-state index >= 15 is 0 Å². The second kappa shape index (κ2) is 2.99. The maximum atomic E-state index is 10.2. The molecule has 0 aromatic carbocycles. The molecule has 0 radical (unpaired) electrons. The van der Waals surface area contributed by atoms with Crippen molar-refractivity contribution in [3.63, 3.8) is 0 Å². The number of hydroxylamine groups is 1. The van der Waals surface area contributed by atoms with Gasteiger partial charge in [0.2, 0.25) is 0 Å². The van der Waals surface area contributed by atoms with Gasteiger partial charge in [-0.15, -0.1) is 0 Å². The first-order valence-corrected chi connectivity index (χ1v) is 2.06. The Morgan fingerprint density at radius 1 is 2.00 bits per heavy atom. The van der Waals surface area contributed by atoms with Crippen LogP contribution in [0.2, 0.25) is 0 Å². The maximum absolute atomic E-state index is 10.2. The van der Waals surface area contributed by atoms with Gasteiger partial charge in [0, 0.05) is 0 Å². The van der Waals surface area contributed by atoms with Crippen LogP contribution in [-0.2, 0) is 4.79 Å². The molecule has 0 aliphatic carbocycles. The Morgan fingerprint density at radius 3 is 2.62 bits per heavy atom. The van der Waals surface area contributed by atoms with Crippen LogP contribution in [0.3, 0.4) is 0 Å². The molecule has 4 nitrogen and oxygen atoms in total. The minimum Gasteiger partial charge on any atom is -0.289 e. The normalized spacial score (nSPS) is 11.6. The van der Waals surface area contributed by atoms with Crippen LogP contribution in [0.5, 0.6) is 0 Å². The Labute approximate surface area is 46.7 Å². The van der Waals surface area contributed by atoms with Crippen LogP contribution < -0.4 is 5.48 Å². The summed E-state index contributed by atoms with van der Waals surface area (Å²) in [7, 11) is 0. The van der Waals surface area contributed by atoms with E-state index in [2.05, 4.69) is 0 Å². The maximum Gasteiger partial charge on any atom is 0.260 e. The summed E-state index contributed by atoms with van der Waals surface area (Å²) in [5.74, 6) is -1.45. The Hall–Kier alpha value is -1.08. The number of nitrogens with zero attached hydrogens (tertiary/aromatic N) is 1. The highest BCUT2D eigenvalue weighted by Crippen LogP contribution is 1.87. The zero-order valence-corrected chi connectivity index (χ0v) is 4.38. The van der Waals surface area contributed by atoms with Crippen molar-refractivity contribution in [3.8, 4) is 6.07 Å². The van der Waals surface area contributed by atoms with Crippen molar-refractivity contribution in [2.24, 2.45) is 5.92 Å². The Morgan fingerprint density at radius 2 is 2.50 bits per heavy atom. The molecular weight excluding hydrogens is 108 g/mol. The number of hydrogen-bond acceptors (Lipinski definition) is 3. The Bertz CT molecular complexity index is 126. The number of nitrogens with one attached hydrogen (secondary N) is 1. The van der Waals surface area contributed by atoms with Crippen LogP contribution in [0, 0.1) is 17.2 Å². The quantitative estimate of drug-likeness (QED) is 0.361. The monoisotopic (exact) mass is 114 g/mol. The fraction of sp³-hybridized carbons (Fsp3) is 0.500. The highest BCUT2D eigenvalue weighted by Gasteiger charge is 2.08. The van der Waals surface area contributed by atoms with E-state index in [0.717, 1.165) is 0 Å². The summed E-state index contributed by atoms with van der Waals surface area (Å²) in [6.07, 6.45) is 0. The van der Waals surface area contributed by atoms with Crippen LogP contribution in [-0.4, -0.2) is 11.1 Å². The zero-order valence-electron chi connectivity index (χ0n) is 4.38. The first-order chi connectivity index (χ1) is 3.72. The molecule has 0 aliphatic heterocycles. The molecule has 0 heterocycles. The lowest BCUT2D eigenvalue weighted by atomic mass is 10.2. The summed E-state index contributed by atoms with van der Waals surface area (Å²) in [5, 5.41) is 15.9. The summed E-state index contributed by atoms with van der Waals surface area (Å²) in [6, 6.07) is 1.64. The fourth-order valence-electron chi connectivity index (χ4n) is 0.155. The van der Waals surface area contributed by atoms with Gasteiger partial charge in [0.1, 0.15) is 5.92 Å². The van der Waals surface area contributed by atoms with E-state index in [0.29, 0.717) is 0 Å². The van der Waals surface area contributed by atoms with Gasteiger partial charge in [0.05, 0.1) is 6.07 Å². The molecule has 1 unspecified atom stereocenters. The van der Waals surface area contributed by atoms with Crippen LogP contribution in [0.25, 0.3) is 0 Å². The third-order valence-corrected chi connectivity index (χ3v) is 0.697. The van der Waals surface area contributed by atoms with Crippen molar-refractivity contribution < 1.29 is 10.0 Å². The van der Waals surface area contributed by atoms with E-state index in [1.165, 1.54) is 12.4 Å². The highest BCUT2D eigenvalue weighted by atomic mass is 16.5. The van der Waals surface area contributed by atoms with E-state index in [9.17, 15) is 4.79 Å². The molecule has 4 heteroatoms. The first kappa shape index (κ1) is 6.92. The summed E-state index contributed by atoms with van der Waals surface area (Å²) in [6.45, 7) is 1.39. The summed E-state index contributed by atoms with van der Waals surface area (Å²) < 4.78 is 0. The SMILES string of the molecule is CC(C#N)C(=O)NO. The van der Waals surface area contributed by atoms with Gasteiger partial charge in [-0.25, -0.2) is 5.48 Å². The first-order valence-electron chi connectivity index (χ1n) is 2.06. The average Bonchev–Trinajstić information content (AvgIpc) is 1.84. The lowest BCUT2D eigenvalue weighted by Crippen LogP contribution is -2.24. The van der Waals surface area contributed by atoms with E-state index in [1.807, 2.05) is 0 Å². The molecule has 0 aliphatic rings. The summed E-state index contributed by atoms with van der Waals surface area (Å²) >= 11 is 0. The number of amides is 1. The van der Waals surface area contributed by atoms with Gasteiger partial charge >= 0.3 is 0 Å². The lowest BCUT2D eigenvalue weighted by Gasteiger charge is -1.94. The van der Waals surface area contributed by atoms with Gasteiger partial charge < -0.3 is 0 Å². The molecule has 1 atom stereocenters. The smallest absolute Gasteiger partial charge is 0.260 e. The number of rotatable bonds is 1. The van der Waals surface area contributed by atoms with Gasteiger partial charge in [-0.1, -0.05) is 0 Å². The Balaban J connectivity index is 3.68. The molecule has 0 saturated heterocycles. The fourth-order valence-corrected chi connectivity index (χ4v) is 0.155. The molecule has 0 saturated carbocycles. The molecule has 0 bridgehead atoms. The third-order valence-electron chi connectivity index (χ3n) is 0.697.